The standard InChI is InChI=1S/C20H16NO3S2.Y/c22-14-17-13-18(11-12-20(17)25-19-9-5-2-6-10-19)21-26(23,24)15-16-7-3-1-4-8-16;/h1-13,21H,15H2;/q-1;+3. The predicted octanol–water partition coefficient (Wildman–Crippen LogP) is 4.24. The number of benzene rings is 3. The molecule has 27 heavy (non-hydrogen) atoms. The first-order valence-corrected chi connectivity index (χ1v) is 10.3. The van der Waals surface area contributed by atoms with Gasteiger partial charge in [0.2, 0.25) is 10.0 Å². The van der Waals surface area contributed by atoms with Crippen LogP contribution in [0.1, 0.15) is 11.1 Å². The van der Waals surface area contributed by atoms with E-state index in [-0.39, 0.29) is 38.5 Å². The maximum atomic E-state index is 12.3. The van der Waals surface area contributed by atoms with Gasteiger partial charge in [0.15, 0.2) is 0 Å². The second-order valence-electron chi connectivity index (χ2n) is 5.57. The van der Waals surface area contributed by atoms with Gasteiger partial charge in [-0.1, -0.05) is 59.5 Å². The molecule has 0 aliphatic carbocycles. The Hall–Kier alpha value is -1.47. The summed E-state index contributed by atoms with van der Waals surface area (Å²) in [4.78, 5) is 13.0. The van der Waals surface area contributed by atoms with Crippen LogP contribution in [0.2, 0.25) is 0 Å². The van der Waals surface area contributed by atoms with Crippen molar-refractivity contribution in [3.63, 3.8) is 0 Å². The van der Waals surface area contributed by atoms with Crippen LogP contribution in [0, 0.1) is 0 Å². The predicted molar refractivity (Wildman–Crippen MR) is 104 cm³/mol. The molecule has 0 bridgehead atoms. The first kappa shape index (κ1) is 21.8. The van der Waals surface area contributed by atoms with Crippen molar-refractivity contribution in [1.82, 2.24) is 0 Å². The Balaban J connectivity index is 0.00000261. The number of hydrogen-bond donors (Lipinski definition) is 1. The molecule has 3 rings (SSSR count). The van der Waals surface area contributed by atoms with Crippen LogP contribution >= 0.6 is 11.8 Å². The van der Waals surface area contributed by atoms with Gasteiger partial charge in [0.25, 0.3) is 0 Å². The average Bonchev–Trinajstić information content (AvgIpc) is 2.64. The first-order valence-electron chi connectivity index (χ1n) is 7.85. The van der Waals surface area contributed by atoms with E-state index >= 15 is 0 Å². The molecule has 4 nitrogen and oxygen atoms in total. The van der Waals surface area contributed by atoms with E-state index in [1.165, 1.54) is 17.8 Å². The minimum absolute atomic E-state index is 0. The van der Waals surface area contributed by atoms with Crippen molar-refractivity contribution in [3.05, 3.63) is 90.0 Å². The third-order valence-corrected chi connectivity index (χ3v) is 5.88. The molecule has 0 saturated carbocycles. The van der Waals surface area contributed by atoms with Crippen molar-refractivity contribution in [2.45, 2.75) is 15.5 Å². The van der Waals surface area contributed by atoms with Crippen LogP contribution in [-0.2, 0) is 53.3 Å². The molecule has 0 spiro atoms. The van der Waals surface area contributed by atoms with E-state index < -0.39 is 10.0 Å². The molecule has 0 amide bonds. The summed E-state index contributed by atoms with van der Waals surface area (Å²) in [5, 5.41) is 0. The van der Waals surface area contributed by atoms with Crippen molar-refractivity contribution >= 4 is 33.8 Å². The fraction of sp³-hybridized carbons (Fsp3) is 0.0500. The zero-order valence-corrected chi connectivity index (χ0v) is 18.8. The minimum atomic E-state index is -3.57. The van der Waals surface area contributed by atoms with Gasteiger partial charge in [-0.2, -0.15) is 11.8 Å². The quantitative estimate of drug-likeness (QED) is 0.524. The molecule has 0 aliphatic heterocycles. The number of rotatable bonds is 7. The van der Waals surface area contributed by atoms with Gasteiger partial charge in [-0.25, -0.2) is 8.42 Å². The second-order valence-corrected chi connectivity index (χ2v) is 8.41. The molecule has 0 aromatic heterocycles. The summed E-state index contributed by atoms with van der Waals surface area (Å²) in [5.41, 5.74) is 1.36. The SMILES string of the molecule is O=[C-]c1cc(NS(=O)(=O)Cc2ccccc2)ccc1Sc1ccccc1.[Y+3]. The van der Waals surface area contributed by atoms with Crippen molar-refractivity contribution in [2.75, 3.05) is 4.72 Å². The molecule has 3 aromatic carbocycles. The molecule has 0 saturated heterocycles. The Kier molecular flexibility index (Phi) is 8.23. The Morgan fingerprint density at radius 2 is 1.52 bits per heavy atom. The van der Waals surface area contributed by atoms with Crippen LogP contribution in [-0.4, -0.2) is 14.7 Å². The maximum absolute atomic E-state index is 12.3. The normalized spacial score (nSPS) is 10.7. The molecular formula is C20H16NO3S2Y+2. The summed E-state index contributed by atoms with van der Waals surface area (Å²) in [5.74, 6) is -0.130. The Bertz CT molecular complexity index is 994. The van der Waals surface area contributed by atoms with Crippen molar-refractivity contribution in [1.29, 1.82) is 0 Å². The molecule has 0 unspecified atom stereocenters. The summed E-state index contributed by atoms with van der Waals surface area (Å²) in [6.45, 7) is 0. The molecule has 132 valence electrons. The number of carbonyl (C=O) groups excluding carboxylic acids is 1. The Morgan fingerprint density at radius 1 is 0.889 bits per heavy atom. The monoisotopic (exact) mass is 471 g/mol. The first-order chi connectivity index (χ1) is 12.6. The molecule has 0 aliphatic rings. The molecule has 0 fully saturated rings. The van der Waals surface area contributed by atoms with Gasteiger partial charge >= 0.3 is 32.7 Å². The van der Waals surface area contributed by atoms with E-state index in [9.17, 15) is 13.2 Å². The summed E-state index contributed by atoms with van der Waals surface area (Å²) < 4.78 is 27.2. The number of anilines is 1. The van der Waals surface area contributed by atoms with E-state index in [4.69, 9.17) is 0 Å². The van der Waals surface area contributed by atoms with Gasteiger partial charge in [-0.3, -0.25) is 4.72 Å². The van der Waals surface area contributed by atoms with Gasteiger partial charge in [0.05, 0.1) is 12.0 Å². The third-order valence-electron chi connectivity index (χ3n) is 3.53. The van der Waals surface area contributed by atoms with Crippen LogP contribution in [0.4, 0.5) is 5.69 Å². The van der Waals surface area contributed by atoms with Gasteiger partial charge in [0, 0.05) is 0 Å². The minimum Gasteiger partial charge on any atom is -0.376 e. The van der Waals surface area contributed by atoms with Crippen molar-refractivity contribution < 1.29 is 45.9 Å². The van der Waals surface area contributed by atoms with E-state index in [2.05, 4.69) is 4.72 Å². The molecule has 1 N–H and O–H groups in total. The zero-order chi connectivity index (χ0) is 18.4. The molecule has 0 heterocycles. The summed E-state index contributed by atoms with van der Waals surface area (Å²) in [6.07, 6.45) is 1.89. The van der Waals surface area contributed by atoms with Crippen molar-refractivity contribution in [2.24, 2.45) is 0 Å². The maximum Gasteiger partial charge on any atom is 3.00 e. The fourth-order valence-corrected chi connectivity index (χ4v) is 4.47. The van der Waals surface area contributed by atoms with Crippen LogP contribution in [0.3, 0.4) is 0 Å². The van der Waals surface area contributed by atoms with E-state index in [0.717, 1.165) is 9.79 Å². The molecule has 0 atom stereocenters. The van der Waals surface area contributed by atoms with Crippen LogP contribution in [0.5, 0.6) is 0 Å². The van der Waals surface area contributed by atoms with Gasteiger partial charge in [-0.15, -0.1) is 17.7 Å². The second kappa shape index (κ2) is 10.2. The number of nitrogens with one attached hydrogen (secondary N) is 1. The molecular weight excluding hydrogens is 455 g/mol. The topological polar surface area (TPSA) is 63.2 Å². The summed E-state index contributed by atoms with van der Waals surface area (Å²) in [6, 6.07) is 23.4. The van der Waals surface area contributed by atoms with Crippen molar-refractivity contribution in [3.8, 4) is 0 Å². The number of sulfonamides is 1. The molecule has 0 radical (unpaired) electrons. The summed E-state index contributed by atoms with van der Waals surface area (Å²) >= 11 is 1.43. The van der Waals surface area contributed by atoms with Crippen LogP contribution in [0.15, 0.2) is 88.7 Å². The summed E-state index contributed by atoms with van der Waals surface area (Å²) in [7, 11) is -3.57. The molecule has 7 heteroatoms. The Morgan fingerprint density at radius 3 is 2.15 bits per heavy atom. The average molecular weight is 471 g/mol. The zero-order valence-electron chi connectivity index (χ0n) is 14.3. The van der Waals surface area contributed by atoms with Gasteiger partial charge < -0.3 is 4.79 Å². The third kappa shape index (κ3) is 6.57. The van der Waals surface area contributed by atoms with E-state index in [0.29, 0.717) is 16.8 Å². The number of hydrogen-bond acceptors (Lipinski definition) is 4. The largest absolute Gasteiger partial charge is 3.00 e. The fourth-order valence-electron chi connectivity index (χ4n) is 2.39. The molecule has 3 aromatic rings. The smallest absolute Gasteiger partial charge is 0.376 e. The van der Waals surface area contributed by atoms with E-state index in [1.54, 1.807) is 36.4 Å². The Labute approximate surface area is 188 Å². The van der Waals surface area contributed by atoms with Crippen LogP contribution in [0.25, 0.3) is 0 Å². The van der Waals surface area contributed by atoms with Crippen LogP contribution < -0.4 is 4.72 Å². The van der Waals surface area contributed by atoms with E-state index in [1.807, 2.05) is 42.7 Å². The van der Waals surface area contributed by atoms with Gasteiger partial charge in [0.1, 0.15) is 0 Å². The van der Waals surface area contributed by atoms with Gasteiger partial charge in [-0.05, 0) is 28.3 Å².